The number of hydrogen-bond acceptors (Lipinski definition) is 2. The molecule has 0 heterocycles. The van der Waals surface area contributed by atoms with Crippen molar-refractivity contribution in [1.29, 1.82) is 0 Å². The predicted molar refractivity (Wildman–Crippen MR) is 81.2 cm³/mol. The number of carbonyl (C=O) groups is 2. The first-order valence-electron chi connectivity index (χ1n) is 6.78. The Labute approximate surface area is 123 Å². The molecule has 0 saturated heterocycles. The van der Waals surface area contributed by atoms with Crippen LogP contribution >= 0.6 is 0 Å². The van der Waals surface area contributed by atoms with Gasteiger partial charge < -0.3 is 11.5 Å². The molecule has 0 saturated carbocycles. The van der Waals surface area contributed by atoms with Crippen LogP contribution in [-0.4, -0.2) is 11.8 Å². The van der Waals surface area contributed by atoms with Crippen LogP contribution in [0, 0.1) is 5.92 Å². The van der Waals surface area contributed by atoms with E-state index in [1.807, 2.05) is 60.7 Å². The highest BCUT2D eigenvalue weighted by Gasteiger charge is 2.27. The number of rotatable bonds is 6. The number of hydrogen-bond donors (Lipinski definition) is 2. The van der Waals surface area contributed by atoms with Gasteiger partial charge in [0, 0.05) is 5.92 Å². The Balaban J connectivity index is 2.37. The van der Waals surface area contributed by atoms with Crippen molar-refractivity contribution in [2.45, 2.75) is 12.3 Å². The second-order valence-corrected chi connectivity index (χ2v) is 4.97. The minimum absolute atomic E-state index is 0.0996. The second-order valence-electron chi connectivity index (χ2n) is 4.97. The molecule has 4 N–H and O–H groups in total. The maximum atomic E-state index is 11.5. The van der Waals surface area contributed by atoms with E-state index in [4.69, 9.17) is 11.5 Å². The summed E-state index contributed by atoms with van der Waals surface area (Å²) in [5.41, 5.74) is 12.7. The fraction of sp³-hybridized carbons (Fsp3) is 0.176. The van der Waals surface area contributed by atoms with Crippen molar-refractivity contribution in [2.24, 2.45) is 17.4 Å². The molecule has 0 atom stereocenters. The average Bonchev–Trinajstić information content (AvgIpc) is 2.49. The van der Waals surface area contributed by atoms with Crippen molar-refractivity contribution in [3.63, 3.8) is 0 Å². The number of primary amides is 2. The molecule has 0 aliphatic carbocycles. The van der Waals surface area contributed by atoms with Crippen molar-refractivity contribution in [1.82, 2.24) is 0 Å². The van der Waals surface area contributed by atoms with E-state index in [1.54, 1.807) is 0 Å². The van der Waals surface area contributed by atoms with Gasteiger partial charge in [-0.15, -0.1) is 0 Å². The fourth-order valence-corrected chi connectivity index (χ4v) is 2.44. The topological polar surface area (TPSA) is 86.2 Å². The third kappa shape index (κ3) is 3.69. The van der Waals surface area contributed by atoms with Crippen LogP contribution in [0.4, 0.5) is 0 Å². The van der Waals surface area contributed by atoms with Gasteiger partial charge in [-0.25, -0.2) is 0 Å². The summed E-state index contributed by atoms with van der Waals surface area (Å²) in [6.45, 7) is 0. The monoisotopic (exact) mass is 282 g/mol. The van der Waals surface area contributed by atoms with Crippen LogP contribution < -0.4 is 11.5 Å². The molecule has 108 valence electrons. The van der Waals surface area contributed by atoms with E-state index in [1.165, 1.54) is 0 Å². The molecule has 0 fully saturated rings. The summed E-state index contributed by atoms with van der Waals surface area (Å²) in [6.07, 6.45) is 0.276. The third-order valence-electron chi connectivity index (χ3n) is 3.56. The van der Waals surface area contributed by atoms with E-state index in [0.717, 1.165) is 11.1 Å². The van der Waals surface area contributed by atoms with Gasteiger partial charge in [0.15, 0.2) is 0 Å². The first kappa shape index (κ1) is 14.8. The number of benzene rings is 2. The van der Waals surface area contributed by atoms with Crippen LogP contribution in [0.15, 0.2) is 60.7 Å². The van der Waals surface area contributed by atoms with E-state index in [9.17, 15) is 9.59 Å². The molecule has 0 aliphatic heterocycles. The summed E-state index contributed by atoms with van der Waals surface area (Å²) >= 11 is 0. The van der Waals surface area contributed by atoms with Gasteiger partial charge in [-0.3, -0.25) is 9.59 Å². The van der Waals surface area contributed by atoms with E-state index >= 15 is 0 Å². The molecule has 0 unspecified atom stereocenters. The maximum Gasteiger partial charge on any atom is 0.230 e. The molecule has 0 radical (unpaired) electrons. The van der Waals surface area contributed by atoms with Crippen LogP contribution in [-0.2, 0) is 9.59 Å². The van der Waals surface area contributed by atoms with Gasteiger partial charge >= 0.3 is 0 Å². The standard InChI is InChI=1S/C17H18N2O2/c18-16(20)15(17(19)21)11-14(12-7-3-1-4-8-12)13-9-5-2-6-10-13/h1-10,14-15H,11H2,(H2,18,20)(H2,19,21). The lowest BCUT2D eigenvalue weighted by Crippen LogP contribution is -2.36. The van der Waals surface area contributed by atoms with E-state index < -0.39 is 17.7 Å². The normalized spacial score (nSPS) is 10.8. The van der Waals surface area contributed by atoms with Gasteiger partial charge in [0.1, 0.15) is 5.92 Å². The summed E-state index contributed by atoms with van der Waals surface area (Å²) in [6, 6.07) is 19.4. The lowest BCUT2D eigenvalue weighted by atomic mass is 9.83. The highest BCUT2D eigenvalue weighted by Crippen LogP contribution is 2.30. The van der Waals surface area contributed by atoms with Crippen LogP contribution in [0.3, 0.4) is 0 Å². The molecule has 0 aliphatic rings. The van der Waals surface area contributed by atoms with Crippen LogP contribution in [0.1, 0.15) is 23.5 Å². The Morgan fingerprint density at radius 2 is 1.14 bits per heavy atom. The molecule has 0 bridgehead atoms. The van der Waals surface area contributed by atoms with Gasteiger partial charge in [0.2, 0.25) is 11.8 Å². The quantitative estimate of drug-likeness (QED) is 0.791. The summed E-state index contributed by atoms with van der Waals surface area (Å²) in [7, 11) is 0. The molecule has 2 aromatic rings. The van der Waals surface area contributed by atoms with E-state index in [2.05, 4.69) is 0 Å². The Morgan fingerprint density at radius 1 is 0.762 bits per heavy atom. The molecular weight excluding hydrogens is 264 g/mol. The summed E-state index contributed by atoms with van der Waals surface area (Å²) in [5.74, 6) is -2.44. The lowest BCUT2D eigenvalue weighted by Gasteiger charge is -2.21. The van der Waals surface area contributed by atoms with Crippen LogP contribution in [0.2, 0.25) is 0 Å². The minimum atomic E-state index is -0.976. The van der Waals surface area contributed by atoms with E-state index in [-0.39, 0.29) is 12.3 Å². The molecule has 2 aromatic carbocycles. The summed E-state index contributed by atoms with van der Waals surface area (Å²) < 4.78 is 0. The molecule has 0 spiro atoms. The number of nitrogens with two attached hydrogens (primary N) is 2. The fourth-order valence-electron chi connectivity index (χ4n) is 2.44. The molecule has 4 heteroatoms. The van der Waals surface area contributed by atoms with Crippen LogP contribution in [0.5, 0.6) is 0 Å². The molecule has 2 rings (SSSR count). The van der Waals surface area contributed by atoms with Crippen LogP contribution in [0.25, 0.3) is 0 Å². The van der Waals surface area contributed by atoms with Gasteiger partial charge in [-0.05, 0) is 17.5 Å². The highest BCUT2D eigenvalue weighted by molar-refractivity contribution is 5.98. The van der Waals surface area contributed by atoms with Gasteiger partial charge in [0.25, 0.3) is 0 Å². The Morgan fingerprint density at radius 3 is 1.48 bits per heavy atom. The SMILES string of the molecule is NC(=O)C(CC(c1ccccc1)c1ccccc1)C(N)=O. The lowest BCUT2D eigenvalue weighted by molar-refractivity contribution is -0.131. The van der Waals surface area contributed by atoms with Crippen molar-refractivity contribution in [2.75, 3.05) is 0 Å². The first-order valence-corrected chi connectivity index (χ1v) is 6.78. The smallest absolute Gasteiger partial charge is 0.230 e. The highest BCUT2D eigenvalue weighted by atomic mass is 16.2. The van der Waals surface area contributed by atoms with Crippen molar-refractivity contribution in [3.8, 4) is 0 Å². The van der Waals surface area contributed by atoms with E-state index in [0.29, 0.717) is 0 Å². The Hall–Kier alpha value is -2.62. The minimum Gasteiger partial charge on any atom is -0.369 e. The zero-order valence-electron chi connectivity index (χ0n) is 11.6. The first-order chi connectivity index (χ1) is 10.1. The molecule has 2 amide bonds. The Bertz CT molecular complexity index is 558. The number of amides is 2. The average molecular weight is 282 g/mol. The largest absolute Gasteiger partial charge is 0.369 e. The zero-order chi connectivity index (χ0) is 15.2. The van der Waals surface area contributed by atoms with Crippen molar-refractivity contribution < 1.29 is 9.59 Å². The van der Waals surface area contributed by atoms with Crippen molar-refractivity contribution in [3.05, 3.63) is 71.8 Å². The molecule has 4 nitrogen and oxygen atoms in total. The van der Waals surface area contributed by atoms with Crippen molar-refractivity contribution >= 4 is 11.8 Å². The third-order valence-corrected chi connectivity index (χ3v) is 3.56. The predicted octanol–water partition coefficient (Wildman–Crippen LogP) is 1.80. The van der Waals surface area contributed by atoms with Gasteiger partial charge in [-0.2, -0.15) is 0 Å². The Kier molecular flexibility index (Phi) is 4.72. The van der Waals surface area contributed by atoms with Gasteiger partial charge in [-0.1, -0.05) is 60.7 Å². The second kappa shape index (κ2) is 6.70. The zero-order valence-corrected chi connectivity index (χ0v) is 11.6. The summed E-state index contributed by atoms with van der Waals surface area (Å²) in [5, 5.41) is 0. The molecular formula is C17H18N2O2. The molecule has 21 heavy (non-hydrogen) atoms. The maximum absolute atomic E-state index is 11.5. The van der Waals surface area contributed by atoms with Gasteiger partial charge in [0.05, 0.1) is 0 Å². The summed E-state index contributed by atoms with van der Waals surface area (Å²) in [4.78, 5) is 22.9. The number of carbonyl (C=O) groups excluding carboxylic acids is 2. The molecule has 0 aromatic heterocycles.